The summed E-state index contributed by atoms with van der Waals surface area (Å²) in [7, 11) is -1.71. The van der Waals surface area contributed by atoms with Crippen molar-refractivity contribution in [3.63, 3.8) is 0 Å². The molecule has 2 aromatic carbocycles. The molecule has 0 amide bonds. The van der Waals surface area contributed by atoms with E-state index < -0.39 is 20.2 Å². The zero-order valence-electron chi connectivity index (χ0n) is 17.6. The van der Waals surface area contributed by atoms with Gasteiger partial charge in [0.05, 0.1) is 15.9 Å². The highest BCUT2D eigenvalue weighted by molar-refractivity contribution is 7.93. The SMILES string of the molecule is CCC(C)S(=O)(=O)Nc1cc2c(cc1N=Nc1cc([N+](=O)[O-])ccc1O)CCCN2C. The number of hydrogen-bond donors (Lipinski definition) is 2. The van der Waals surface area contributed by atoms with Crippen molar-refractivity contribution in [3.05, 3.63) is 46.0 Å². The fraction of sp³-hybridized carbons (Fsp3) is 0.400. The first-order valence-electron chi connectivity index (χ1n) is 9.91. The fourth-order valence-corrected chi connectivity index (χ4v) is 4.36. The molecule has 0 bridgehead atoms. The molecule has 1 heterocycles. The van der Waals surface area contributed by atoms with Gasteiger partial charge in [-0.05, 0) is 49.9 Å². The Bertz CT molecular complexity index is 1130. The van der Waals surface area contributed by atoms with Crippen LogP contribution < -0.4 is 9.62 Å². The summed E-state index contributed by atoms with van der Waals surface area (Å²) in [6.45, 7) is 4.26. The summed E-state index contributed by atoms with van der Waals surface area (Å²) in [5.41, 5.74) is 2.12. The molecule has 2 aromatic rings. The minimum absolute atomic E-state index is 0.0835. The normalized spacial score (nSPS) is 15.0. The van der Waals surface area contributed by atoms with Crippen molar-refractivity contribution in [1.29, 1.82) is 0 Å². The van der Waals surface area contributed by atoms with Crippen LogP contribution in [0.1, 0.15) is 32.3 Å². The lowest BCUT2D eigenvalue weighted by molar-refractivity contribution is -0.384. The molecular formula is C20H25N5O5S. The largest absolute Gasteiger partial charge is 0.506 e. The second-order valence-electron chi connectivity index (χ2n) is 7.52. The third-order valence-corrected chi connectivity index (χ3v) is 7.24. The number of aromatic hydroxyl groups is 1. The first-order valence-corrected chi connectivity index (χ1v) is 11.5. The van der Waals surface area contributed by atoms with Crippen LogP contribution >= 0.6 is 0 Å². The maximum Gasteiger partial charge on any atom is 0.271 e. The highest BCUT2D eigenvalue weighted by Gasteiger charge is 2.23. The molecular weight excluding hydrogens is 422 g/mol. The number of nitro groups is 1. The third-order valence-electron chi connectivity index (χ3n) is 5.34. The summed E-state index contributed by atoms with van der Waals surface area (Å²) in [4.78, 5) is 12.5. The van der Waals surface area contributed by atoms with E-state index in [1.807, 2.05) is 11.9 Å². The Kier molecular flexibility index (Phi) is 6.44. The highest BCUT2D eigenvalue weighted by atomic mass is 32.2. The van der Waals surface area contributed by atoms with E-state index in [2.05, 4.69) is 15.0 Å². The number of anilines is 2. The van der Waals surface area contributed by atoms with E-state index in [4.69, 9.17) is 0 Å². The number of aryl methyl sites for hydroxylation is 1. The number of hydrogen-bond acceptors (Lipinski definition) is 8. The molecule has 0 aliphatic carbocycles. The van der Waals surface area contributed by atoms with Crippen LogP contribution in [0.25, 0.3) is 0 Å². The molecule has 2 N–H and O–H groups in total. The Labute approximate surface area is 180 Å². The minimum atomic E-state index is -3.65. The van der Waals surface area contributed by atoms with Gasteiger partial charge >= 0.3 is 0 Å². The zero-order chi connectivity index (χ0) is 22.8. The van der Waals surface area contributed by atoms with Crippen molar-refractivity contribution < 1.29 is 18.4 Å². The number of sulfonamides is 1. The van der Waals surface area contributed by atoms with Crippen molar-refractivity contribution in [2.45, 2.75) is 38.4 Å². The van der Waals surface area contributed by atoms with Gasteiger partial charge in [0.2, 0.25) is 10.0 Å². The molecule has 0 aromatic heterocycles. The Balaban J connectivity index is 2.07. The number of nitro benzene ring substituents is 1. The van der Waals surface area contributed by atoms with Crippen molar-refractivity contribution in [1.82, 2.24) is 0 Å². The minimum Gasteiger partial charge on any atom is -0.506 e. The predicted molar refractivity (Wildman–Crippen MR) is 119 cm³/mol. The molecule has 1 aliphatic heterocycles. The number of nitrogens with zero attached hydrogens (tertiary/aromatic N) is 4. The van der Waals surface area contributed by atoms with Gasteiger partial charge < -0.3 is 10.0 Å². The quantitative estimate of drug-likeness (QED) is 0.360. The lowest BCUT2D eigenvalue weighted by atomic mass is 10.0. The number of phenols is 1. The number of phenolic OH excluding ortho intramolecular Hbond substituents is 1. The summed E-state index contributed by atoms with van der Waals surface area (Å²) in [5, 5.41) is 28.5. The van der Waals surface area contributed by atoms with E-state index in [9.17, 15) is 23.6 Å². The summed E-state index contributed by atoms with van der Waals surface area (Å²) >= 11 is 0. The average molecular weight is 448 g/mol. The first kappa shape index (κ1) is 22.5. The summed E-state index contributed by atoms with van der Waals surface area (Å²) in [5.74, 6) is -0.270. The van der Waals surface area contributed by atoms with Crippen LogP contribution in [0.4, 0.5) is 28.4 Å². The maximum absolute atomic E-state index is 12.7. The maximum atomic E-state index is 12.7. The Morgan fingerprint density at radius 2 is 1.97 bits per heavy atom. The monoisotopic (exact) mass is 447 g/mol. The second-order valence-corrected chi connectivity index (χ2v) is 9.62. The summed E-state index contributed by atoms with van der Waals surface area (Å²) in [6, 6.07) is 6.93. The van der Waals surface area contributed by atoms with Crippen LogP contribution in [-0.4, -0.2) is 37.3 Å². The number of benzene rings is 2. The summed E-state index contributed by atoms with van der Waals surface area (Å²) in [6.07, 6.45) is 2.20. The molecule has 1 atom stereocenters. The molecule has 1 aliphatic rings. The van der Waals surface area contributed by atoms with Crippen molar-refractivity contribution in [3.8, 4) is 5.75 Å². The number of fused-ring (bicyclic) bond motifs is 1. The van der Waals surface area contributed by atoms with Crippen LogP contribution in [0.5, 0.6) is 5.75 Å². The highest BCUT2D eigenvalue weighted by Crippen LogP contribution is 2.39. The molecule has 1 unspecified atom stereocenters. The Morgan fingerprint density at radius 1 is 1.26 bits per heavy atom. The first-order chi connectivity index (χ1) is 14.6. The number of azo groups is 1. The van der Waals surface area contributed by atoms with Crippen LogP contribution in [0.2, 0.25) is 0 Å². The van der Waals surface area contributed by atoms with Crippen molar-refractivity contribution in [2.75, 3.05) is 23.2 Å². The fourth-order valence-electron chi connectivity index (χ4n) is 3.25. The Hall–Kier alpha value is -3.21. The van der Waals surface area contributed by atoms with Gasteiger partial charge in [-0.25, -0.2) is 8.42 Å². The zero-order valence-corrected chi connectivity index (χ0v) is 18.4. The van der Waals surface area contributed by atoms with E-state index in [0.29, 0.717) is 6.42 Å². The predicted octanol–water partition coefficient (Wildman–Crippen LogP) is 4.64. The number of non-ortho nitro benzene ring substituents is 1. The Morgan fingerprint density at radius 3 is 2.65 bits per heavy atom. The van der Waals surface area contributed by atoms with Gasteiger partial charge in [-0.3, -0.25) is 14.8 Å². The van der Waals surface area contributed by atoms with Gasteiger partial charge in [-0.2, -0.15) is 0 Å². The van der Waals surface area contributed by atoms with Crippen LogP contribution in [0, 0.1) is 10.1 Å². The average Bonchev–Trinajstić information content (AvgIpc) is 2.72. The molecule has 11 heteroatoms. The lowest BCUT2D eigenvalue weighted by Gasteiger charge is -2.28. The van der Waals surface area contributed by atoms with Crippen LogP contribution in [0.15, 0.2) is 40.6 Å². The molecule has 0 saturated heterocycles. The van der Waals surface area contributed by atoms with Crippen LogP contribution in [0.3, 0.4) is 0 Å². The second kappa shape index (κ2) is 8.88. The molecule has 0 fully saturated rings. The van der Waals surface area contributed by atoms with E-state index in [1.54, 1.807) is 26.0 Å². The number of rotatable bonds is 7. The van der Waals surface area contributed by atoms with Crippen molar-refractivity contribution in [2.24, 2.45) is 10.2 Å². The van der Waals surface area contributed by atoms with E-state index in [-0.39, 0.29) is 28.5 Å². The molecule has 3 rings (SSSR count). The molecule has 31 heavy (non-hydrogen) atoms. The van der Waals surface area contributed by atoms with Gasteiger partial charge in [0.1, 0.15) is 17.1 Å². The lowest BCUT2D eigenvalue weighted by Crippen LogP contribution is -2.26. The molecule has 166 valence electrons. The van der Waals surface area contributed by atoms with Gasteiger partial charge in [0, 0.05) is 31.4 Å². The van der Waals surface area contributed by atoms with Crippen LogP contribution in [-0.2, 0) is 16.4 Å². The van der Waals surface area contributed by atoms with E-state index >= 15 is 0 Å². The number of nitrogens with one attached hydrogen (secondary N) is 1. The standard InChI is InChI=1S/C20H25N5O5S/c1-4-13(2)31(29,30)23-17-12-19-14(6-5-9-24(19)3)10-16(17)21-22-18-11-15(25(27)28)7-8-20(18)26/h7-8,10-13,23,26H,4-6,9H2,1-3H3. The van der Waals surface area contributed by atoms with E-state index in [1.165, 1.54) is 6.07 Å². The summed E-state index contributed by atoms with van der Waals surface area (Å²) < 4.78 is 27.9. The van der Waals surface area contributed by atoms with E-state index in [0.717, 1.165) is 42.8 Å². The smallest absolute Gasteiger partial charge is 0.271 e. The molecule has 0 radical (unpaired) electrons. The van der Waals surface area contributed by atoms with Gasteiger partial charge in [0.25, 0.3) is 5.69 Å². The van der Waals surface area contributed by atoms with Gasteiger partial charge in [0.15, 0.2) is 0 Å². The molecule has 0 spiro atoms. The van der Waals surface area contributed by atoms with Crippen molar-refractivity contribution >= 4 is 38.5 Å². The molecule has 10 nitrogen and oxygen atoms in total. The van der Waals surface area contributed by atoms with Gasteiger partial charge in [-0.15, -0.1) is 10.2 Å². The van der Waals surface area contributed by atoms with Gasteiger partial charge in [-0.1, -0.05) is 6.92 Å². The molecule has 0 saturated carbocycles. The topological polar surface area (TPSA) is 138 Å². The third kappa shape index (κ3) is 4.93.